The van der Waals surface area contributed by atoms with Crippen molar-refractivity contribution >= 4 is 28.6 Å². The molecular weight excluding hydrogens is 302 g/mol. The molecule has 1 N–H and O–H groups in total. The van der Waals surface area contributed by atoms with E-state index in [0.717, 1.165) is 10.9 Å². The highest BCUT2D eigenvalue weighted by Gasteiger charge is 2.21. The fourth-order valence-electron chi connectivity index (χ4n) is 2.59. The van der Waals surface area contributed by atoms with Gasteiger partial charge in [-0.25, -0.2) is 4.68 Å². The van der Waals surface area contributed by atoms with E-state index in [2.05, 4.69) is 11.7 Å². The molecule has 0 aliphatic carbocycles. The first kappa shape index (κ1) is 14.4. The first-order valence-corrected chi connectivity index (χ1v) is 7.03. The maximum absolute atomic E-state index is 12.5. The second-order valence-corrected chi connectivity index (χ2v) is 5.35. The average molecular weight is 316 g/mol. The Morgan fingerprint density at radius 3 is 2.73 bits per heavy atom. The Bertz CT molecular complexity index is 970. The van der Waals surface area contributed by atoms with E-state index in [1.165, 1.54) is 4.68 Å². The highest BCUT2D eigenvalue weighted by molar-refractivity contribution is 6.37. The molecule has 0 amide bonds. The lowest BCUT2D eigenvalue weighted by molar-refractivity contribution is 0.454. The molecule has 1 aromatic carbocycles. The van der Waals surface area contributed by atoms with Crippen LogP contribution in [0.25, 0.3) is 22.7 Å². The Morgan fingerprint density at radius 2 is 2.05 bits per heavy atom. The van der Waals surface area contributed by atoms with Crippen LogP contribution in [0.2, 0.25) is 5.02 Å². The van der Waals surface area contributed by atoms with Gasteiger partial charge in [-0.2, -0.15) is 5.10 Å². The summed E-state index contributed by atoms with van der Waals surface area (Å²) < 4.78 is 2.82. The van der Waals surface area contributed by atoms with E-state index in [1.807, 2.05) is 24.3 Å². The molecule has 3 rings (SSSR count). The van der Waals surface area contributed by atoms with Crippen molar-refractivity contribution in [3.05, 3.63) is 57.6 Å². The van der Waals surface area contributed by atoms with Crippen LogP contribution in [0.5, 0.6) is 5.75 Å². The normalized spacial score (nSPS) is 11.0. The Kier molecular flexibility index (Phi) is 3.30. The molecule has 6 heteroatoms. The molecule has 22 heavy (non-hydrogen) atoms. The summed E-state index contributed by atoms with van der Waals surface area (Å²) in [5, 5.41) is 15.6. The third-order valence-electron chi connectivity index (χ3n) is 3.63. The number of hydrogen-bond donors (Lipinski definition) is 1. The molecule has 112 valence electrons. The molecular formula is C16H14ClN3O2. The van der Waals surface area contributed by atoms with E-state index in [4.69, 9.17) is 11.6 Å². The van der Waals surface area contributed by atoms with Crippen molar-refractivity contribution in [2.24, 2.45) is 7.05 Å². The number of hydrogen-bond acceptors (Lipinski definition) is 3. The Morgan fingerprint density at radius 1 is 1.36 bits per heavy atom. The van der Waals surface area contributed by atoms with E-state index >= 15 is 0 Å². The zero-order valence-corrected chi connectivity index (χ0v) is 12.9. The summed E-state index contributed by atoms with van der Waals surface area (Å²) >= 11 is 6.40. The standard InChI is InChI=1S/C16H14ClN3O2/c1-4-11-13(17)10-7-5-6-8-12(10)20(11)14-15(21)9(2)18-19(3)16(14)22/h4-8,21H,1H2,2-3H3. The SMILES string of the molecule is C=Cc1c(Cl)c2ccccc2n1-c1c(O)c(C)nn(C)c1=O. The van der Waals surface area contributed by atoms with Crippen molar-refractivity contribution in [2.75, 3.05) is 0 Å². The summed E-state index contributed by atoms with van der Waals surface area (Å²) in [6.45, 7) is 5.40. The van der Waals surface area contributed by atoms with Gasteiger partial charge in [0.1, 0.15) is 5.69 Å². The van der Waals surface area contributed by atoms with E-state index in [1.54, 1.807) is 24.6 Å². The molecule has 0 spiro atoms. The number of aryl methyl sites for hydroxylation is 2. The second-order valence-electron chi connectivity index (χ2n) is 4.97. The number of fused-ring (bicyclic) bond motifs is 1. The molecule has 0 unspecified atom stereocenters. The minimum atomic E-state index is -0.413. The first-order valence-electron chi connectivity index (χ1n) is 6.66. The van der Waals surface area contributed by atoms with E-state index < -0.39 is 5.56 Å². The topological polar surface area (TPSA) is 60.0 Å². The number of halogens is 1. The Labute approximate surface area is 131 Å². The Hall–Kier alpha value is -2.53. The van der Waals surface area contributed by atoms with Crippen LogP contribution in [0.3, 0.4) is 0 Å². The van der Waals surface area contributed by atoms with Crippen molar-refractivity contribution in [1.29, 1.82) is 0 Å². The molecule has 3 aromatic rings. The van der Waals surface area contributed by atoms with Crippen LogP contribution in [0.1, 0.15) is 11.4 Å². The summed E-state index contributed by atoms with van der Waals surface area (Å²) in [6.07, 6.45) is 1.57. The van der Waals surface area contributed by atoms with Gasteiger partial charge in [0.15, 0.2) is 11.4 Å². The predicted octanol–water partition coefficient (Wildman–Crippen LogP) is 3.03. The number of aromatic hydroxyl groups is 1. The largest absolute Gasteiger partial charge is 0.504 e. The molecule has 0 atom stereocenters. The van der Waals surface area contributed by atoms with E-state index in [0.29, 0.717) is 16.4 Å². The van der Waals surface area contributed by atoms with Crippen LogP contribution in [-0.4, -0.2) is 19.5 Å². The first-order chi connectivity index (χ1) is 10.5. The molecule has 0 saturated heterocycles. The number of nitrogens with zero attached hydrogens (tertiary/aromatic N) is 3. The summed E-state index contributed by atoms with van der Waals surface area (Å²) in [7, 11) is 1.54. The zero-order valence-electron chi connectivity index (χ0n) is 12.2. The fourth-order valence-corrected chi connectivity index (χ4v) is 2.91. The second kappa shape index (κ2) is 5.03. The predicted molar refractivity (Wildman–Crippen MR) is 87.8 cm³/mol. The minimum absolute atomic E-state index is 0.119. The summed E-state index contributed by atoms with van der Waals surface area (Å²) in [6, 6.07) is 7.40. The lowest BCUT2D eigenvalue weighted by atomic mass is 10.2. The van der Waals surface area contributed by atoms with E-state index in [-0.39, 0.29) is 11.4 Å². The van der Waals surface area contributed by atoms with Crippen LogP contribution >= 0.6 is 11.6 Å². The van der Waals surface area contributed by atoms with Gasteiger partial charge in [0.2, 0.25) is 0 Å². The molecule has 5 nitrogen and oxygen atoms in total. The van der Waals surface area contributed by atoms with Crippen LogP contribution in [0.15, 0.2) is 35.6 Å². The molecule has 0 saturated carbocycles. The van der Waals surface area contributed by atoms with Crippen molar-refractivity contribution in [1.82, 2.24) is 14.3 Å². The summed E-state index contributed by atoms with van der Waals surface area (Å²) in [4.78, 5) is 12.5. The van der Waals surface area contributed by atoms with Crippen molar-refractivity contribution < 1.29 is 5.11 Å². The lowest BCUT2D eigenvalue weighted by Crippen LogP contribution is -2.25. The van der Waals surface area contributed by atoms with Crippen molar-refractivity contribution in [2.45, 2.75) is 6.92 Å². The highest BCUT2D eigenvalue weighted by Crippen LogP contribution is 2.35. The molecule has 2 aromatic heterocycles. The minimum Gasteiger partial charge on any atom is -0.504 e. The van der Waals surface area contributed by atoms with Gasteiger partial charge >= 0.3 is 0 Å². The number of benzene rings is 1. The molecule has 2 heterocycles. The smallest absolute Gasteiger partial charge is 0.294 e. The summed E-state index contributed by atoms with van der Waals surface area (Å²) in [5.74, 6) is -0.163. The van der Waals surface area contributed by atoms with Crippen molar-refractivity contribution in [3.8, 4) is 11.4 Å². The zero-order chi connectivity index (χ0) is 16.0. The van der Waals surface area contributed by atoms with Crippen LogP contribution in [0, 0.1) is 6.92 Å². The molecule has 0 aliphatic heterocycles. The van der Waals surface area contributed by atoms with Gasteiger partial charge in [-0.05, 0) is 19.1 Å². The maximum atomic E-state index is 12.5. The van der Waals surface area contributed by atoms with Gasteiger partial charge in [0.05, 0.1) is 16.2 Å². The van der Waals surface area contributed by atoms with Crippen molar-refractivity contribution in [3.63, 3.8) is 0 Å². The molecule has 0 bridgehead atoms. The maximum Gasteiger partial charge on any atom is 0.294 e. The number of para-hydroxylation sites is 1. The summed E-state index contributed by atoms with van der Waals surface area (Å²) in [5.41, 5.74) is 1.35. The van der Waals surface area contributed by atoms with Gasteiger partial charge in [0, 0.05) is 12.4 Å². The third-order valence-corrected chi connectivity index (χ3v) is 4.02. The van der Waals surface area contributed by atoms with Gasteiger partial charge in [-0.3, -0.25) is 4.79 Å². The quantitative estimate of drug-likeness (QED) is 0.790. The van der Waals surface area contributed by atoms with Gasteiger partial charge in [-0.1, -0.05) is 36.4 Å². The fraction of sp³-hybridized carbons (Fsp3) is 0.125. The molecule has 0 fully saturated rings. The van der Waals surface area contributed by atoms with E-state index in [9.17, 15) is 9.90 Å². The average Bonchev–Trinajstić information content (AvgIpc) is 2.79. The van der Waals surface area contributed by atoms with Gasteiger partial charge in [0.25, 0.3) is 5.56 Å². The van der Waals surface area contributed by atoms with Crippen LogP contribution in [0.4, 0.5) is 0 Å². The monoisotopic (exact) mass is 315 g/mol. The number of aromatic nitrogens is 3. The number of rotatable bonds is 2. The Balaban J connectivity index is 2.57. The van der Waals surface area contributed by atoms with Crippen LogP contribution in [-0.2, 0) is 7.05 Å². The van der Waals surface area contributed by atoms with Crippen LogP contribution < -0.4 is 5.56 Å². The lowest BCUT2D eigenvalue weighted by Gasteiger charge is -2.12. The molecule has 0 radical (unpaired) electrons. The third kappa shape index (κ3) is 1.86. The van der Waals surface area contributed by atoms with Gasteiger partial charge < -0.3 is 9.67 Å². The van der Waals surface area contributed by atoms with Gasteiger partial charge in [-0.15, -0.1) is 0 Å². The molecule has 0 aliphatic rings. The highest BCUT2D eigenvalue weighted by atomic mass is 35.5.